The molecule has 0 aliphatic heterocycles. The number of benzene rings is 1. The molecule has 0 saturated heterocycles. The molecule has 0 amide bonds. The van der Waals surface area contributed by atoms with Gasteiger partial charge in [0.05, 0.1) is 6.33 Å². The zero-order chi connectivity index (χ0) is 17.4. The van der Waals surface area contributed by atoms with Crippen molar-refractivity contribution in [2.24, 2.45) is 0 Å². The molecule has 0 bridgehead atoms. The molecule has 8 nitrogen and oxygen atoms in total. The normalized spacial score (nSPS) is 11.3. The van der Waals surface area contributed by atoms with Crippen LogP contribution in [0.25, 0.3) is 16.9 Å². The van der Waals surface area contributed by atoms with E-state index in [-0.39, 0.29) is 6.04 Å². The predicted octanol–water partition coefficient (Wildman–Crippen LogP) is 2.92. The monoisotopic (exact) mass is 334 g/mol. The first-order valence-corrected chi connectivity index (χ1v) is 7.97. The van der Waals surface area contributed by atoms with E-state index >= 15 is 0 Å². The quantitative estimate of drug-likeness (QED) is 0.595. The summed E-state index contributed by atoms with van der Waals surface area (Å²) in [4.78, 5) is 17.0. The third-order valence-electron chi connectivity index (χ3n) is 3.95. The van der Waals surface area contributed by atoms with E-state index in [1.807, 2.05) is 39.6 Å². The Bertz CT molecular complexity index is 999. The van der Waals surface area contributed by atoms with Crippen molar-refractivity contribution in [1.82, 2.24) is 29.1 Å². The Balaban J connectivity index is 1.71. The molecule has 0 spiro atoms. The van der Waals surface area contributed by atoms with Gasteiger partial charge in [-0.05, 0) is 38.1 Å². The number of aromatic nitrogens is 6. The molecule has 3 aromatic heterocycles. The Morgan fingerprint density at radius 1 is 1.12 bits per heavy atom. The summed E-state index contributed by atoms with van der Waals surface area (Å²) in [6, 6.07) is 8.19. The van der Waals surface area contributed by atoms with Crippen LogP contribution in [0.15, 0.2) is 49.3 Å². The second-order valence-corrected chi connectivity index (χ2v) is 5.97. The predicted molar refractivity (Wildman–Crippen MR) is 97.0 cm³/mol. The Morgan fingerprint density at radius 3 is 2.60 bits per heavy atom. The van der Waals surface area contributed by atoms with Gasteiger partial charge in [0, 0.05) is 29.8 Å². The fourth-order valence-electron chi connectivity index (χ4n) is 2.76. The average molecular weight is 334 g/mol. The Hall–Kier alpha value is -3.42. The maximum absolute atomic E-state index is 5.94. The molecule has 0 aliphatic rings. The minimum atomic E-state index is 0.173. The van der Waals surface area contributed by atoms with Gasteiger partial charge in [-0.3, -0.25) is 4.57 Å². The van der Waals surface area contributed by atoms with Gasteiger partial charge >= 0.3 is 0 Å². The molecule has 0 radical (unpaired) electrons. The number of nitrogens with zero attached hydrogens (tertiary/aromatic N) is 6. The van der Waals surface area contributed by atoms with Crippen molar-refractivity contribution in [3.8, 4) is 5.69 Å². The van der Waals surface area contributed by atoms with Gasteiger partial charge in [0.1, 0.15) is 6.33 Å². The molecular formula is C17H18N8. The molecule has 126 valence electrons. The number of hydrogen-bond acceptors (Lipinski definition) is 6. The molecule has 8 heteroatoms. The molecule has 0 fully saturated rings. The average Bonchev–Trinajstić information content (AvgIpc) is 3.24. The van der Waals surface area contributed by atoms with Gasteiger partial charge in [-0.2, -0.15) is 0 Å². The van der Waals surface area contributed by atoms with Crippen LogP contribution in [0.5, 0.6) is 0 Å². The van der Waals surface area contributed by atoms with Crippen LogP contribution in [0.4, 0.5) is 17.5 Å². The standard InChI is InChI=1S/C17H18N8/c1-11(2)25-16-14(15(18)20-9-21-16)23-17(25)22-12-3-5-13(6-4-12)24-8-7-19-10-24/h3-11H,1-2H3,(H,22,23)(H2,18,20,21). The first kappa shape index (κ1) is 15.1. The van der Waals surface area contributed by atoms with Gasteiger partial charge in [-0.15, -0.1) is 0 Å². The van der Waals surface area contributed by atoms with Crippen LogP contribution in [-0.4, -0.2) is 29.1 Å². The summed E-state index contributed by atoms with van der Waals surface area (Å²) in [6.07, 6.45) is 6.88. The number of anilines is 3. The van der Waals surface area contributed by atoms with E-state index in [1.54, 1.807) is 12.5 Å². The lowest BCUT2D eigenvalue weighted by atomic mass is 10.3. The first-order valence-electron chi connectivity index (χ1n) is 7.97. The Kier molecular flexibility index (Phi) is 3.57. The van der Waals surface area contributed by atoms with Gasteiger partial charge in [0.2, 0.25) is 5.95 Å². The second-order valence-electron chi connectivity index (χ2n) is 5.97. The third kappa shape index (κ3) is 2.67. The maximum atomic E-state index is 5.94. The number of fused-ring (bicyclic) bond motifs is 1. The highest BCUT2D eigenvalue weighted by molar-refractivity contribution is 5.84. The van der Waals surface area contributed by atoms with Gasteiger partial charge in [-0.1, -0.05) is 0 Å². The first-order chi connectivity index (χ1) is 12.1. The highest BCUT2D eigenvalue weighted by Gasteiger charge is 2.16. The lowest BCUT2D eigenvalue weighted by Gasteiger charge is -2.13. The minimum Gasteiger partial charge on any atom is -0.382 e. The summed E-state index contributed by atoms with van der Waals surface area (Å²) in [7, 11) is 0. The number of nitrogens with two attached hydrogens (primary N) is 1. The fourth-order valence-corrected chi connectivity index (χ4v) is 2.76. The van der Waals surface area contributed by atoms with Crippen LogP contribution in [0.3, 0.4) is 0 Å². The Labute approximate surface area is 144 Å². The van der Waals surface area contributed by atoms with Crippen LogP contribution in [0.1, 0.15) is 19.9 Å². The highest BCUT2D eigenvalue weighted by atomic mass is 15.3. The van der Waals surface area contributed by atoms with Crippen molar-refractivity contribution >= 4 is 28.6 Å². The van der Waals surface area contributed by atoms with E-state index < -0.39 is 0 Å². The van der Waals surface area contributed by atoms with Crippen LogP contribution in [-0.2, 0) is 0 Å². The van der Waals surface area contributed by atoms with Crippen LogP contribution in [0, 0.1) is 0 Å². The summed E-state index contributed by atoms with van der Waals surface area (Å²) >= 11 is 0. The molecule has 0 unspecified atom stereocenters. The molecule has 4 aromatic rings. The number of nitrogens with one attached hydrogen (secondary N) is 1. The van der Waals surface area contributed by atoms with E-state index in [2.05, 4.69) is 39.1 Å². The van der Waals surface area contributed by atoms with E-state index in [4.69, 9.17) is 5.73 Å². The van der Waals surface area contributed by atoms with E-state index in [0.29, 0.717) is 17.3 Å². The van der Waals surface area contributed by atoms with Gasteiger partial charge in [0.25, 0.3) is 0 Å². The van der Waals surface area contributed by atoms with Crippen molar-refractivity contribution in [2.45, 2.75) is 19.9 Å². The van der Waals surface area contributed by atoms with Crippen molar-refractivity contribution in [3.63, 3.8) is 0 Å². The topological polar surface area (TPSA) is 99.5 Å². The number of nitrogen functional groups attached to an aromatic ring is 1. The van der Waals surface area contributed by atoms with Crippen LogP contribution < -0.4 is 11.1 Å². The smallest absolute Gasteiger partial charge is 0.210 e. The molecule has 3 N–H and O–H groups in total. The Morgan fingerprint density at radius 2 is 1.92 bits per heavy atom. The zero-order valence-electron chi connectivity index (χ0n) is 14.0. The summed E-state index contributed by atoms with van der Waals surface area (Å²) < 4.78 is 3.96. The van der Waals surface area contributed by atoms with Crippen molar-refractivity contribution in [3.05, 3.63) is 49.3 Å². The van der Waals surface area contributed by atoms with Crippen molar-refractivity contribution in [2.75, 3.05) is 11.1 Å². The molecule has 4 rings (SSSR count). The third-order valence-corrected chi connectivity index (χ3v) is 3.95. The van der Waals surface area contributed by atoms with Gasteiger partial charge < -0.3 is 15.6 Å². The summed E-state index contributed by atoms with van der Waals surface area (Å²) in [6.45, 7) is 4.15. The van der Waals surface area contributed by atoms with Gasteiger partial charge in [-0.25, -0.2) is 19.9 Å². The summed E-state index contributed by atoms with van der Waals surface area (Å²) in [5.41, 5.74) is 9.23. The minimum absolute atomic E-state index is 0.173. The van der Waals surface area contributed by atoms with Gasteiger partial charge in [0.15, 0.2) is 17.0 Å². The molecule has 3 heterocycles. The molecule has 25 heavy (non-hydrogen) atoms. The summed E-state index contributed by atoms with van der Waals surface area (Å²) in [5.74, 6) is 1.07. The molecule has 1 aromatic carbocycles. The highest BCUT2D eigenvalue weighted by Crippen LogP contribution is 2.27. The number of hydrogen-bond donors (Lipinski definition) is 2. The number of rotatable bonds is 4. The second kappa shape index (κ2) is 5.90. The van der Waals surface area contributed by atoms with E-state index in [1.165, 1.54) is 6.33 Å². The van der Waals surface area contributed by atoms with Crippen molar-refractivity contribution in [1.29, 1.82) is 0 Å². The zero-order valence-corrected chi connectivity index (χ0v) is 14.0. The molecular weight excluding hydrogens is 316 g/mol. The molecule has 0 saturated carbocycles. The summed E-state index contributed by atoms with van der Waals surface area (Å²) in [5, 5.41) is 3.35. The largest absolute Gasteiger partial charge is 0.382 e. The van der Waals surface area contributed by atoms with Crippen LogP contribution >= 0.6 is 0 Å². The van der Waals surface area contributed by atoms with E-state index in [9.17, 15) is 0 Å². The molecule has 0 atom stereocenters. The SMILES string of the molecule is CC(C)n1c(Nc2ccc(-n3ccnc3)cc2)nc2c(N)ncnc21. The van der Waals surface area contributed by atoms with Crippen LogP contribution in [0.2, 0.25) is 0 Å². The lowest BCUT2D eigenvalue weighted by Crippen LogP contribution is -2.07. The molecule has 0 aliphatic carbocycles. The van der Waals surface area contributed by atoms with E-state index in [0.717, 1.165) is 17.0 Å². The maximum Gasteiger partial charge on any atom is 0.210 e. The van der Waals surface area contributed by atoms with Crippen molar-refractivity contribution < 1.29 is 0 Å². The number of imidazole rings is 2. The fraction of sp³-hybridized carbons (Fsp3) is 0.176. The lowest BCUT2D eigenvalue weighted by molar-refractivity contribution is 0.620.